The van der Waals surface area contributed by atoms with E-state index < -0.39 is 0 Å². The van der Waals surface area contributed by atoms with Crippen molar-refractivity contribution in [3.63, 3.8) is 0 Å². The number of aryl methyl sites for hydroxylation is 1. The molecule has 0 aliphatic heterocycles. The Kier molecular flexibility index (Phi) is 4.00. The number of hydrogen-bond donors (Lipinski definition) is 1. The highest BCUT2D eigenvalue weighted by Gasteiger charge is 2.09. The van der Waals surface area contributed by atoms with Crippen LogP contribution in [0.25, 0.3) is 11.1 Å². The summed E-state index contributed by atoms with van der Waals surface area (Å²) in [5.41, 5.74) is 4.91. The predicted molar refractivity (Wildman–Crippen MR) is 75.9 cm³/mol. The van der Waals surface area contributed by atoms with E-state index in [-0.39, 0.29) is 0 Å². The molecule has 0 fully saturated rings. The van der Waals surface area contributed by atoms with Gasteiger partial charge < -0.3 is 10.1 Å². The summed E-state index contributed by atoms with van der Waals surface area (Å²) in [6.07, 6.45) is 0. The minimum absolute atomic E-state index is 0.854. The molecule has 0 radical (unpaired) electrons. The van der Waals surface area contributed by atoms with Crippen molar-refractivity contribution < 1.29 is 4.74 Å². The lowest BCUT2D eigenvalue weighted by Gasteiger charge is -2.13. The largest absolute Gasteiger partial charge is 0.496 e. The van der Waals surface area contributed by atoms with E-state index in [1.54, 1.807) is 7.11 Å². The number of benzene rings is 2. The van der Waals surface area contributed by atoms with Gasteiger partial charge in [0.15, 0.2) is 0 Å². The Morgan fingerprint density at radius 1 is 1.06 bits per heavy atom. The zero-order chi connectivity index (χ0) is 13.0. The van der Waals surface area contributed by atoms with Crippen molar-refractivity contribution in [2.75, 3.05) is 14.2 Å². The average molecular weight is 241 g/mol. The van der Waals surface area contributed by atoms with Crippen molar-refractivity contribution >= 4 is 0 Å². The number of methoxy groups -OCH3 is 1. The first kappa shape index (κ1) is 12.7. The lowest BCUT2D eigenvalue weighted by Crippen LogP contribution is -2.06. The maximum atomic E-state index is 5.47. The summed E-state index contributed by atoms with van der Waals surface area (Å²) in [6.45, 7) is 2.96. The molecule has 2 aromatic rings. The summed E-state index contributed by atoms with van der Waals surface area (Å²) < 4.78 is 5.47. The van der Waals surface area contributed by atoms with Gasteiger partial charge in [-0.2, -0.15) is 0 Å². The second kappa shape index (κ2) is 5.69. The second-order valence-corrected chi connectivity index (χ2v) is 4.39. The third-order valence-corrected chi connectivity index (χ3v) is 3.03. The Morgan fingerprint density at radius 3 is 2.56 bits per heavy atom. The van der Waals surface area contributed by atoms with Crippen molar-refractivity contribution in [3.8, 4) is 16.9 Å². The predicted octanol–water partition coefficient (Wildman–Crippen LogP) is 3.39. The van der Waals surface area contributed by atoms with Crippen molar-refractivity contribution in [2.45, 2.75) is 13.5 Å². The van der Waals surface area contributed by atoms with Gasteiger partial charge in [0, 0.05) is 12.1 Å². The molecule has 0 saturated carbocycles. The minimum atomic E-state index is 0.854. The molecule has 18 heavy (non-hydrogen) atoms. The standard InChI is InChI=1S/C16H19NO/c1-12-8-9-16(18-3)15(10-12)14-7-5-4-6-13(14)11-17-2/h4-10,17H,11H2,1-3H3. The smallest absolute Gasteiger partial charge is 0.126 e. The Morgan fingerprint density at radius 2 is 1.83 bits per heavy atom. The van der Waals surface area contributed by atoms with Gasteiger partial charge in [-0.25, -0.2) is 0 Å². The zero-order valence-electron chi connectivity index (χ0n) is 11.2. The van der Waals surface area contributed by atoms with Crippen LogP contribution < -0.4 is 10.1 Å². The molecule has 0 unspecified atom stereocenters. The molecule has 0 heterocycles. The topological polar surface area (TPSA) is 21.3 Å². The van der Waals surface area contributed by atoms with Gasteiger partial charge in [0.1, 0.15) is 5.75 Å². The second-order valence-electron chi connectivity index (χ2n) is 4.39. The number of rotatable bonds is 4. The van der Waals surface area contributed by atoms with E-state index in [9.17, 15) is 0 Å². The Bertz CT molecular complexity index is 534. The molecule has 2 rings (SSSR count). The van der Waals surface area contributed by atoms with Gasteiger partial charge in [0.05, 0.1) is 7.11 Å². The molecule has 0 atom stereocenters. The fourth-order valence-electron chi connectivity index (χ4n) is 2.16. The van der Waals surface area contributed by atoms with Gasteiger partial charge in [-0.15, -0.1) is 0 Å². The third-order valence-electron chi connectivity index (χ3n) is 3.03. The molecule has 0 aliphatic rings. The van der Waals surface area contributed by atoms with Crippen molar-refractivity contribution in [1.29, 1.82) is 0 Å². The average Bonchev–Trinajstić information content (AvgIpc) is 2.40. The van der Waals surface area contributed by atoms with Crippen LogP contribution in [0.3, 0.4) is 0 Å². The van der Waals surface area contributed by atoms with Crippen LogP contribution >= 0.6 is 0 Å². The summed E-state index contributed by atoms with van der Waals surface area (Å²) >= 11 is 0. The first-order valence-corrected chi connectivity index (χ1v) is 6.13. The van der Waals surface area contributed by atoms with Crippen molar-refractivity contribution in [2.24, 2.45) is 0 Å². The first-order valence-electron chi connectivity index (χ1n) is 6.13. The molecule has 94 valence electrons. The van der Waals surface area contributed by atoms with Crippen LogP contribution in [0, 0.1) is 6.92 Å². The van der Waals surface area contributed by atoms with E-state index >= 15 is 0 Å². The molecule has 0 amide bonds. The number of hydrogen-bond acceptors (Lipinski definition) is 2. The molecule has 2 heteroatoms. The monoisotopic (exact) mass is 241 g/mol. The molecular weight excluding hydrogens is 222 g/mol. The molecule has 1 N–H and O–H groups in total. The summed E-state index contributed by atoms with van der Waals surface area (Å²) in [4.78, 5) is 0. The van der Waals surface area contributed by atoms with Gasteiger partial charge in [0.25, 0.3) is 0 Å². The molecular formula is C16H19NO. The molecule has 0 bridgehead atoms. The van der Waals surface area contributed by atoms with Gasteiger partial charge in [-0.1, -0.05) is 35.9 Å². The fraction of sp³-hybridized carbons (Fsp3) is 0.250. The fourth-order valence-corrected chi connectivity index (χ4v) is 2.16. The van der Waals surface area contributed by atoms with E-state index in [2.05, 4.69) is 48.6 Å². The minimum Gasteiger partial charge on any atom is -0.496 e. The molecule has 0 aromatic heterocycles. The molecule has 0 aliphatic carbocycles. The van der Waals surface area contributed by atoms with E-state index in [4.69, 9.17) is 4.74 Å². The van der Waals surface area contributed by atoms with Crippen LogP contribution in [0.2, 0.25) is 0 Å². The lowest BCUT2D eigenvalue weighted by molar-refractivity contribution is 0.416. The number of ether oxygens (including phenoxy) is 1. The summed E-state index contributed by atoms with van der Waals surface area (Å²) in [5.74, 6) is 0.921. The van der Waals surface area contributed by atoms with Crippen molar-refractivity contribution in [3.05, 3.63) is 53.6 Å². The maximum Gasteiger partial charge on any atom is 0.126 e. The maximum absolute atomic E-state index is 5.47. The van der Waals surface area contributed by atoms with Crippen LogP contribution in [0.4, 0.5) is 0 Å². The normalized spacial score (nSPS) is 10.4. The Hall–Kier alpha value is -1.80. The highest BCUT2D eigenvalue weighted by Crippen LogP contribution is 2.33. The number of nitrogens with one attached hydrogen (secondary N) is 1. The summed E-state index contributed by atoms with van der Waals surface area (Å²) in [5, 5.41) is 3.21. The zero-order valence-corrected chi connectivity index (χ0v) is 11.2. The quantitative estimate of drug-likeness (QED) is 0.886. The SMILES string of the molecule is CNCc1ccccc1-c1cc(C)ccc1OC. The van der Waals surface area contributed by atoms with Crippen LogP contribution in [-0.2, 0) is 6.54 Å². The van der Waals surface area contributed by atoms with Crippen LogP contribution in [0.15, 0.2) is 42.5 Å². The summed E-state index contributed by atoms with van der Waals surface area (Å²) in [6, 6.07) is 14.7. The molecule has 2 nitrogen and oxygen atoms in total. The highest BCUT2D eigenvalue weighted by atomic mass is 16.5. The van der Waals surface area contributed by atoms with Gasteiger partial charge in [-0.05, 0) is 37.2 Å². The van der Waals surface area contributed by atoms with Crippen molar-refractivity contribution in [1.82, 2.24) is 5.32 Å². The molecule has 0 saturated heterocycles. The highest BCUT2D eigenvalue weighted by molar-refractivity contribution is 5.74. The summed E-state index contributed by atoms with van der Waals surface area (Å²) in [7, 11) is 3.68. The molecule has 0 spiro atoms. The van der Waals surface area contributed by atoms with Crippen LogP contribution in [0.5, 0.6) is 5.75 Å². The van der Waals surface area contributed by atoms with Gasteiger partial charge in [-0.3, -0.25) is 0 Å². The van der Waals surface area contributed by atoms with Gasteiger partial charge >= 0.3 is 0 Å². The van der Waals surface area contributed by atoms with Crippen LogP contribution in [-0.4, -0.2) is 14.2 Å². The first-order chi connectivity index (χ1) is 8.76. The Balaban J connectivity index is 2.57. The van der Waals surface area contributed by atoms with E-state index in [1.165, 1.54) is 16.7 Å². The molecule has 2 aromatic carbocycles. The van der Waals surface area contributed by atoms with E-state index in [1.807, 2.05) is 13.1 Å². The van der Waals surface area contributed by atoms with Gasteiger partial charge in [0.2, 0.25) is 0 Å². The third kappa shape index (κ3) is 2.54. The lowest BCUT2D eigenvalue weighted by atomic mass is 9.97. The van der Waals surface area contributed by atoms with Crippen LogP contribution in [0.1, 0.15) is 11.1 Å². The van der Waals surface area contributed by atoms with E-state index in [0.717, 1.165) is 17.9 Å². The Labute approximate surface area is 109 Å². The van der Waals surface area contributed by atoms with E-state index in [0.29, 0.717) is 0 Å².